The molecule has 4 rings (SSSR count). The van der Waals surface area contributed by atoms with Gasteiger partial charge in [-0.3, -0.25) is 4.79 Å². The molecule has 1 heterocycles. The van der Waals surface area contributed by atoms with Crippen molar-refractivity contribution in [1.82, 2.24) is 4.57 Å². The number of carbonyl (C=O) groups is 1. The molecule has 0 saturated carbocycles. The average Bonchev–Trinajstić information content (AvgIpc) is 3.08. The van der Waals surface area contributed by atoms with Gasteiger partial charge in [-0.1, -0.05) is 23.7 Å². The first-order valence-electron chi connectivity index (χ1n) is 9.23. The van der Waals surface area contributed by atoms with Gasteiger partial charge >= 0.3 is 0 Å². The maximum Gasteiger partial charge on any atom is 0.257 e. The first kappa shape index (κ1) is 19.9. The third-order valence-corrected chi connectivity index (χ3v) is 5.07. The monoisotopic (exact) mass is 422 g/mol. The molecular formula is C24H17ClF2N2O. The molecule has 0 saturated heterocycles. The van der Waals surface area contributed by atoms with Crippen molar-refractivity contribution in [2.75, 3.05) is 5.32 Å². The van der Waals surface area contributed by atoms with Gasteiger partial charge in [0.05, 0.1) is 11.3 Å². The Morgan fingerprint density at radius 1 is 0.867 bits per heavy atom. The minimum atomic E-state index is -0.378. The van der Waals surface area contributed by atoms with Gasteiger partial charge in [-0.15, -0.1) is 0 Å². The molecule has 0 unspecified atom stereocenters. The zero-order valence-electron chi connectivity index (χ0n) is 16.0. The standard InChI is InChI=1S/C24H17ClF2N2O/c1-15-22(24(30)28-20-10-6-18(26)7-11-20)14-23(16-2-4-17(25)5-3-16)29(15)21-12-8-19(27)9-13-21/h2-14H,1H3,(H,28,30). The maximum atomic E-state index is 13.5. The number of aromatic nitrogens is 1. The van der Waals surface area contributed by atoms with E-state index < -0.39 is 0 Å². The lowest BCUT2D eigenvalue weighted by atomic mass is 10.1. The second kappa shape index (κ2) is 8.13. The Labute approximate surface area is 177 Å². The van der Waals surface area contributed by atoms with E-state index in [0.717, 1.165) is 16.9 Å². The first-order chi connectivity index (χ1) is 14.4. The summed E-state index contributed by atoms with van der Waals surface area (Å²) in [7, 11) is 0. The number of hydrogen-bond donors (Lipinski definition) is 1. The van der Waals surface area contributed by atoms with Crippen molar-refractivity contribution in [2.45, 2.75) is 6.92 Å². The van der Waals surface area contributed by atoms with Crippen molar-refractivity contribution >= 4 is 23.2 Å². The Bertz CT molecular complexity index is 1200. The van der Waals surface area contributed by atoms with E-state index in [-0.39, 0.29) is 17.5 Å². The minimum absolute atomic E-state index is 0.324. The van der Waals surface area contributed by atoms with Crippen LogP contribution >= 0.6 is 11.6 Å². The molecule has 1 aromatic heterocycles. The van der Waals surface area contributed by atoms with Crippen molar-refractivity contribution in [2.24, 2.45) is 0 Å². The van der Waals surface area contributed by atoms with Gasteiger partial charge in [0.2, 0.25) is 0 Å². The fourth-order valence-corrected chi connectivity index (χ4v) is 3.45. The van der Waals surface area contributed by atoms with Crippen LogP contribution in [0.4, 0.5) is 14.5 Å². The van der Waals surface area contributed by atoms with Crippen LogP contribution < -0.4 is 5.32 Å². The molecule has 0 atom stereocenters. The van der Waals surface area contributed by atoms with Crippen molar-refractivity contribution in [1.29, 1.82) is 0 Å². The molecule has 1 amide bonds. The topological polar surface area (TPSA) is 34.0 Å². The van der Waals surface area contributed by atoms with Crippen LogP contribution in [-0.4, -0.2) is 10.5 Å². The summed E-state index contributed by atoms with van der Waals surface area (Å²) in [6.07, 6.45) is 0. The molecule has 0 bridgehead atoms. The molecule has 4 aromatic rings. The molecular weight excluding hydrogens is 406 g/mol. The van der Waals surface area contributed by atoms with E-state index in [1.54, 1.807) is 30.3 Å². The third kappa shape index (κ3) is 3.98. The summed E-state index contributed by atoms with van der Waals surface area (Å²) in [5, 5.41) is 3.39. The molecule has 6 heteroatoms. The smallest absolute Gasteiger partial charge is 0.257 e. The van der Waals surface area contributed by atoms with Gasteiger partial charge in [-0.25, -0.2) is 8.78 Å². The Balaban J connectivity index is 1.80. The number of hydrogen-bond acceptors (Lipinski definition) is 1. The highest BCUT2D eigenvalue weighted by atomic mass is 35.5. The normalized spacial score (nSPS) is 10.8. The third-order valence-electron chi connectivity index (χ3n) is 4.82. The molecule has 150 valence electrons. The summed E-state index contributed by atoms with van der Waals surface area (Å²) >= 11 is 6.02. The number of halogens is 3. The lowest BCUT2D eigenvalue weighted by Gasteiger charge is -2.12. The molecule has 0 radical (unpaired) electrons. The van der Waals surface area contributed by atoms with E-state index in [9.17, 15) is 13.6 Å². The molecule has 0 spiro atoms. The molecule has 1 N–H and O–H groups in total. The number of carbonyl (C=O) groups excluding carboxylic acids is 1. The Morgan fingerprint density at radius 2 is 1.43 bits per heavy atom. The SMILES string of the molecule is Cc1c(C(=O)Nc2ccc(F)cc2)cc(-c2ccc(Cl)cc2)n1-c1ccc(F)cc1. The molecule has 0 aliphatic rings. The van der Waals surface area contributed by atoms with E-state index in [2.05, 4.69) is 5.32 Å². The van der Waals surface area contributed by atoms with Crippen LogP contribution in [-0.2, 0) is 0 Å². The first-order valence-corrected chi connectivity index (χ1v) is 9.61. The van der Waals surface area contributed by atoms with Crippen molar-refractivity contribution in [3.8, 4) is 16.9 Å². The lowest BCUT2D eigenvalue weighted by molar-refractivity contribution is 0.102. The zero-order valence-corrected chi connectivity index (χ0v) is 16.8. The highest BCUT2D eigenvalue weighted by Gasteiger charge is 2.20. The van der Waals surface area contributed by atoms with Crippen LogP contribution in [0, 0.1) is 18.6 Å². The predicted octanol–water partition coefficient (Wildman–Crippen LogP) is 6.64. The largest absolute Gasteiger partial charge is 0.322 e. The van der Waals surface area contributed by atoms with Crippen molar-refractivity contribution < 1.29 is 13.6 Å². The number of benzene rings is 3. The molecule has 0 aliphatic heterocycles. The van der Waals surface area contributed by atoms with E-state index in [4.69, 9.17) is 11.6 Å². The second-order valence-corrected chi connectivity index (χ2v) is 7.24. The average molecular weight is 423 g/mol. The number of amides is 1. The molecule has 0 aliphatic carbocycles. The zero-order chi connectivity index (χ0) is 21.3. The molecule has 3 aromatic carbocycles. The van der Waals surface area contributed by atoms with E-state index in [1.807, 2.05) is 23.6 Å². The number of nitrogens with zero attached hydrogens (tertiary/aromatic N) is 1. The van der Waals surface area contributed by atoms with Gasteiger partial charge < -0.3 is 9.88 Å². The van der Waals surface area contributed by atoms with Crippen LogP contribution in [0.5, 0.6) is 0 Å². The van der Waals surface area contributed by atoms with Gasteiger partial charge in [0, 0.05) is 22.1 Å². The van der Waals surface area contributed by atoms with Gasteiger partial charge in [0.25, 0.3) is 5.91 Å². The fourth-order valence-electron chi connectivity index (χ4n) is 3.32. The quantitative estimate of drug-likeness (QED) is 0.393. The Morgan fingerprint density at radius 3 is 2.03 bits per heavy atom. The van der Waals surface area contributed by atoms with Gasteiger partial charge in [-0.2, -0.15) is 0 Å². The summed E-state index contributed by atoms with van der Waals surface area (Å²) in [4.78, 5) is 13.0. The highest BCUT2D eigenvalue weighted by molar-refractivity contribution is 6.30. The van der Waals surface area contributed by atoms with E-state index >= 15 is 0 Å². The van der Waals surface area contributed by atoms with E-state index in [1.165, 1.54) is 36.4 Å². The highest BCUT2D eigenvalue weighted by Crippen LogP contribution is 2.31. The van der Waals surface area contributed by atoms with Crippen molar-refractivity contribution in [3.63, 3.8) is 0 Å². The summed E-state index contributed by atoms with van der Waals surface area (Å²) in [6, 6.07) is 20.7. The Hall–Kier alpha value is -3.44. The second-order valence-electron chi connectivity index (χ2n) is 6.81. The fraction of sp³-hybridized carbons (Fsp3) is 0.0417. The molecule has 3 nitrogen and oxygen atoms in total. The summed E-state index contributed by atoms with van der Waals surface area (Å²) in [5.41, 5.74) is 3.97. The summed E-state index contributed by atoms with van der Waals surface area (Å²) in [6.45, 7) is 1.82. The van der Waals surface area contributed by atoms with Gasteiger partial charge in [-0.05, 0) is 79.2 Å². The Kier molecular flexibility index (Phi) is 5.38. The van der Waals surface area contributed by atoms with Crippen LogP contribution in [0.2, 0.25) is 5.02 Å². The number of anilines is 1. The number of rotatable bonds is 4. The lowest BCUT2D eigenvalue weighted by Crippen LogP contribution is -2.13. The van der Waals surface area contributed by atoms with Crippen molar-refractivity contribution in [3.05, 3.63) is 107 Å². The maximum absolute atomic E-state index is 13.5. The van der Waals surface area contributed by atoms with Gasteiger partial charge in [0.15, 0.2) is 0 Å². The summed E-state index contributed by atoms with van der Waals surface area (Å²) in [5.74, 6) is -1.04. The van der Waals surface area contributed by atoms with Crippen LogP contribution in [0.1, 0.15) is 16.1 Å². The number of nitrogens with one attached hydrogen (secondary N) is 1. The van der Waals surface area contributed by atoms with Crippen LogP contribution in [0.25, 0.3) is 16.9 Å². The molecule has 0 fully saturated rings. The van der Waals surface area contributed by atoms with Crippen LogP contribution in [0.15, 0.2) is 78.9 Å². The van der Waals surface area contributed by atoms with Gasteiger partial charge in [0.1, 0.15) is 11.6 Å². The predicted molar refractivity (Wildman–Crippen MR) is 115 cm³/mol. The minimum Gasteiger partial charge on any atom is -0.322 e. The summed E-state index contributed by atoms with van der Waals surface area (Å²) < 4.78 is 28.5. The van der Waals surface area contributed by atoms with E-state index in [0.29, 0.717) is 22.0 Å². The van der Waals surface area contributed by atoms with Crippen LogP contribution in [0.3, 0.4) is 0 Å². The molecule has 30 heavy (non-hydrogen) atoms.